The lowest BCUT2D eigenvalue weighted by atomic mass is 10.0. The number of benzene rings is 3. The first-order valence-electron chi connectivity index (χ1n) is 15.1. The number of rotatable bonds is 3. The van der Waals surface area contributed by atoms with Crippen molar-refractivity contribution in [3.63, 3.8) is 0 Å². The quantitative estimate of drug-likeness (QED) is 0.271. The van der Waals surface area contributed by atoms with E-state index in [1.807, 2.05) is 54.4 Å². The van der Waals surface area contributed by atoms with E-state index >= 15 is 0 Å². The van der Waals surface area contributed by atoms with Crippen LogP contribution in [0.1, 0.15) is 24.1 Å². The van der Waals surface area contributed by atoms with Gasteiger partial charge >= 0.3 is 6.03 Å². The Kier molecular flexibility index (Phi) is 6.07. The first-order chi connectivity index (χ1) is 20.6. The van der Waals surface area contributed by atoms with Crippen LogP contribution in [0.3, 0.4) is 0 Å². The van der Waals surface area contributed by atoms with Gasteiger partial charge in [0, 0.05) is 71.8 Å². The molecule has 0 unspecified atom stereocenters. The number of amides is 2. The molecule has 0 bridgehead atoms. The normalized spacial score (nSPS) is 18.5. The summed E-state index contributed by atoms with van der Waals surface area (Å²) in [5.74, 6) is 0. The van der Waals surface area contributed by atoms with Crippen LogP contribution in [0.15, 0.2) is 79.0 Å². The molecule has 210 valence electrons. The Bertz CT molecular complexity index is 1850. The van der Waals surface area contributed by atoms with Crippen molar-refractivity contribution in [2.75, 3.05) is 47.8 Å². The summed E-state index contributed by atoms with van der Waals surface area (Å²) in [6, 6.07) is 25.4. The van der Waals surface area contributed by atoms with Crippen molar-refractivity contribution in [3.8, 4) is 11.3 Å². The van der Waals surface area contributed by atoms with Crippen LogP contribution < -0.4 is 15.1 Å². The van der Waals surface area contributed by atoms with Gasteiger partial charge in [0.05, 0.1) is 16.9 Å². The Morgan fingerprint density at radius 2 is 1.76 bits per heavy atom. The van der Waals surface area contributed by atoms with Crippen LogP contribution in [-0.2, 0) is 6.42 Å². The SMILES string of the molecule is Cc1cccc(-c2cccc3c(NC(=O)N4CCc5cc6nccc(N7CCN8CCC[C@H]8C7)c6cc54)cccc23)n1. The fourth-order valence-electron chi connectivity index (χ4n) is 7.23. The van der Waals surface area contributed by atoms with Gasteiger partial charge < -0.3 is 10.2 Å². The lowest BCUT2D eigenvalue weighted by Gasteiger charge is -2.39. The molecule has 0 saturated carbocycles. The summed E-state index contributed by atoms with van der Waals surface area (Å²) in [7, 11) is 0. The fourth-order valence-corrected chi connectivity index (χ4v) is 7.23. The highest BCUT2D eigenvalue weighted by Crippen LogP contribution is 2.38. The van der Waals surface area contributed by atoms with Gasteiger partial charge in [-0.25, -0.2) is 4.79 Å². The first-order valence-corrected chi connectivity index (χ1v) is 15.1. The van der Waals surface area contributed by atoms with Crippen molar-refractivity contribution in [2.24, 2.45) is 0 Å². The number of carbonyl (C=O) groups is 1. The van der Waals surface area contributed by atoms with Gasteiger partial charge in [-0.2, -0.15) is 0 Å². The molecular weight excluding hydrogens is 520 g/mol. The Morgan fingerprint density at radius 1 is 0.881 bits per heavy atom. The zero-order chi connectivity index (χ0) is 28.2. The largest absolute Gasteiger partial charge is 0.368 e. The van der Waals surface area contributed by atoms with Gasteiger partial charge in [-0.15, -0.1) is 0 Å². The third kappa shape index (κ3) is 4.27. The van der Waals surface area contributed by atoms with E-state index in [1.54, 1.807) is 0 Å². The van der Waals surface area contributed by atoms with E-state index in [0.717, 1.165) is 76.1 Å². The molecule has 2 fully saturated rings. The average molecular weight is 555 g/mol. The number of nitrogens with zero attached hydrogens (tertiary/aromatic N) is 5. The number of aromatic nitrogens is 2. The van der Waals surface area contributed by atoms with Crippen molar-refractivity contribution < 1.29 is 4.79 Å². The molecule has 7 heteroatoms. The zero-order valence-corrected chi connectivity index (χ0v) is 23.9. The minimum Gasteiger partial charge on any atom is -0.368 e. The van der Waals surface area contributed by atoms with E-state index in [4.69, 9.17) is 9.97 Å². The van der Waals surface area contributed by atoms with Gasteiger partial charge in [-0.05, 0) is 80.1 Å². The van der Waals surface area contributed by atoms with Crippen LogP contribution in [0.2, 0.25) is 0 Å². The summed E-state index contributed by atoms with van der Waals surface area (Å²) in [6.07, 6.45) is 5.34. The number of fused-ring (bicyclic) bond motifs is 4. The van der Waals surface area contributed by atoms with Gasteiger partial charge in [0.2, 0.25) is 0 Å². The maximum absolute atomic E-state index is 13.8. The fraction of sp³-hybridized carbons (Fsp3) is 0.286. The second-order valence-electron chi connectivity index (χ2n) is 11.8. The van der Waals surface area contributed by atoms with Crippen molar-refractivity contribution >= 4 is 44.8 Å². The summed E-state index contributed by atoms with van der Waals surface area (Å²) < 4.78 is 0. The van der Waals surface area contributed by atoms with Gasteiger partial charge in [0.25, 0.3) is 0 Å². The molecule has 8 rings (SSSR count). The molecule has 0 spiro atoms. The summed E-state index contributed by atoms with van der Waals surface area (Å²) >= 11 is 0. The smallest absolute Gasteiger partial charge is 0.326 e. The highest BCUT2D eigenvalue weighted by atomic mass is 16.2. The number of piperazine rings is 1. The van der Waals surface area contributed by atoms with Crippen LogP contribution in [-0.4, -0.2) is 59.7 Å². The van der Waals surface area contributed by atoms with Gasteiger partial charge in [0.15, 0.2) is 0 Å². The molecule has 2 saturated heterocycles. The van der Waals surface area contributed by atoms with Crippen LogP contribution in [0, 0.1) is 6.92 Å². The average Bonchev–Trinajstić information content (AvgIpc) is 3.66. The lowest BCUT2D eigenvalue weighted by Crippen LogP contribution is -2.50. The topological polar surface area (TPSA) is 64.6 Å². The van der Waals surface area contributed by atoms with Gasteiger partial charge in [-0.3, -0.25) is 19.8 Å². The second-order valence-corrected chi connectivity index (χ2v) is 11.8. The molecule has 3 aliphatic heterocycles. The molecule has 3 aromatic carbocycles. The van der Waals surface area contributed by atoms with Crippen molar-refractivity contribution in [1.29, 1.82) is 0 Å². The predicted molar refractivity (Wildman–Crippen MR) is 171 cm³/mol. The summed E-state index contributed by atoms with van der Waals surface area (Å²) in [4.78, 5) is 30.4. The van der Waals surface area contributed by atoms with E-state index in [2.05, 4.69) is 51.5 Å². The Labute approximate surface area is 245 Å². The monoisotopic (exact) mass is 554 g/mol. The molecular formula is C35H34N6O. The van der Waals surface area contributed by atoms with Crippen molar-refractivity contribution in [1.82, 2.24) is 14.9 Å². The van der Waals surface area contributed by atoms with E-state index in [9.17, 15) is 4.79 Å². The molecule has 5 heterocycles. The second kappa shape index (κ2) is 10.1. The van der Waals surface area contributed by atoms with Crippen molar-refractivity contribution in [3.05, 3.63) is 90.3 Å². The number of carbonyl (C=O) groups excluding carboxylic acids is 1. The third-order valence-corrected chi connectivity index (χ3v) is 9.32. The molecule has 0 aliphatic carbocycles. The number of urea groups is 1. The summed E-state index contributed by atoms with van der Waals surface area (Å²) in [5, 5.41) is 6.44. The standard InChI is InChI=1S/C35H34N6O/c1-23-6-2-11-30(37-23)27-9-3-10-28-26(27)8-4-12-31(28)38-35(42)41-17-14-24-20-32-29(21-34(24)41)33(13-15-36-32)40-19-18-39-16-5-7-25(39)22-40/h2-4,6,8-13,15,20-21,25H,5,7,14,16-19,22H2,1H3,(H,38,42)/t25-/m0/s1. The maximum atomic E-state index is 13.8. The van der Waals surface area contributed by atoms with Crippen LogP contribution in [0.25, 0.3) is 32.9 Å². The number of hydrogen-bond donors (Lipinski definition) is 1. The summed E-state index contributed by atoms with van der Waals surface area (Å²) in [6.45, 7) is 7.08. The number of pyridine rings is 2. The Morgan fingerprint density at radius 3 is 2.69 bits per heavy atom. The first kappa shape index (κ1) is 25.2. The molecule has 42 heavy (non-hydrogen) atoms. The zero-order valence-electron chi connectivity index (χ0n) is 23.9. The minimum atomic E-state index is -0.107. The van der Waals surface area contributed by atoms with Crippen LogP contribution in [0.4, 0.5) is 21.9 Å². The molecule has 2 aromatic heterocycles. The van der Waals surface area contributed by atoms with Gasteiger partial charge in [0.1, 0.15) is 0 Å². The number of hydrogen-bond acceptors (Lipinski definition) is 5. The Hall–Kier alpha value is -4.49. The number of aryl methyl sites for hydroxylation is 1. The third-order valence-electron chi connectivity index (χ3n) is 9.32. The minimum absolute atomic E-state index is 0.107. The van der Waals surface area contributed by atoms with Crippen LogP contribution >= 0.6 is 0 Å². The number of anilines is 3. The molecule has 0 radical (unpaired) electrons. The van der Waals surface area contributed by atoms with Crippen molar-refractivity contribution in [2.45, 2.75) is 32.2 Å². The Balaban J connectivity index is 1.11. The summed E-state index contributed by atoms with van der Waals surface area (Å²) in [5.41, 5.74) is 8.17. The van der Waals surface area contributed by atoms with E-state index in [-0.39, 0.29) is 6.03 Å². The van der Waals surface area contributed by atoms with Crippen LogP contribution in [0.5, 0.6) is 0 Å². The molecule has 1 N–H and O–H groups in total. The van der Waals surface area contributed by atoms with E-state index in [0.29, 0.717) is 12.6 Å². The maximum Gasteiger partial charge on any atom is 0.326 e. The predicted octanol–water partition coefficient (Wildman–Crippen LogP) is 6.64. The molecule has 3 aliphatic rings. The molecule has 5 aromatic rings. The van der Waals surface area contributed by atoms with E-state index in [1.165, 1.54) is 30.6 Å². The lowest BCUT2D eigenvalue weighted by molar-refractivity contribution is 0.231. The van der Waals surface area contributed by atoms with Gasteiger partial charge in [-0.1, -0.05) is 36.4 Å². The van der Waals surface area contributed by atoms with E-state index < -0.39 is 0 Å². The molecule has 1 atom stereocenters. The molecule has 7 nitrogen and oxygen atoms in total. The molecule has 2 amide bonds. The highest BCUT2D eigenvalue weighted by Gasteiger charge is 2.32. The number of nitrogens with one attached hydrogen (secondary N) is 1. The highest BCUT2D eigenvalue weighted by molar-refractivity contribution is 6.11.